The molecule has 0 fully saturated rings. The molecular formula is C12H7F3O2S. The molecule has 0 aliphatic carbocycles. The van der Waals surface area contributed by atoms with Gasteiger partial charge in [0, 0.05) is 10.3 Å². The maximum atomic E-state index is 12.5. The standard InChI is InChI=1S/C12H7F3O2S/c13-12(14,15)9-3-1-2-7(4-9)10-5-8(6-18-10)11(16)17/h1-6H,(H,16,17). The van der Waals surface area contributed by atoms with Gasteiger partial charge in [0.2, 0.25) is 0 Å². The molecule has 2 nitrogen and oxygen atoms in total. The Morgan fingerprint density at radius 2 is 1.94 bits per heavy atom. The maximum Gasteiger partial charge on any atom is 0.416 e. The number of carboxylic acids is 1. The fourth-order valence-corrected chi connectivity index (χ4v) is 2.33. The zero-order valence-corrected chi connectivity index (χ0v) is 9.68. The first-order valence-electron chi connectivity index (χ1n) is 4.87. The zero-order chi connectivity index (χ0) is 13.3. The maximum absolute atomic E-state index is 12.5. The van der Waals surface area contributed by atoms with Crippen LogP contribution in [0, 0.1) is 0 Å². The molecule has 6 heteroatoms. The molecule has 1 heterocycles. The number of aromatic carboxylic acids is 1. The first kappa shape index (κ1) is 12.6. The molecule has 1 aromatic heterocycles. The lowest BCUT2D eigenvalue weighted by atomic mass is 10.1. The SMILES string of the molecule is O=C(O)c1csc(-c2cccc(C(F)(F)F)c2)c1. The van der Waals surface area contributed by atoms with Crippen molar-refractivity contribution < 1.29 is 23.1 Å². The largest absolute Gasteiger partial charge is 0.478 e. The van der Waals surface area contributed by atoms with Crippen molar-refractivity contribution in [3.8, 4) is 10.4 Å². The summed E-state index contributed by atoms with van der Waals surface area (Å²) in [7, 11) is 0. The van der Waals surface area contributed by atoms with Gasteiger partial charge in [0.05, 0.1) is 11.1 Å². The average molecular weight is 272 g/mol. The number of carbonyl (C=O) groups is 1. The predicted octanol–water partition coefficient (Wildman–Crippen LogP) is 4.13. The van der Waals surface area contributed by atoms with Gasteiger partial charge in [-0.25, -0.2) is 4.79 Å². The smallest absolute Gasteiger partial charge is 0.416 e. The van der Waals surface area contributed by atoms with Gasteiger partial charge in [0.15, 0.2) is 0 Å². The summed E-state index contributed by atoms with van der Waals surface area (Å²) in [5, 5.41) is 10.2. The minimum absolute atomic E-state index is 0.0763. The highest BCUT2D eigenvalue weighted by Gasteiger charge is 2.30. The third kappa shape index (κ3) is 2.53. The van der Waals surface area contributed by atoms with Gasteiger partial charge < -0.3 is 5.11 Å². The molecule has 2 rings (SSSR count). The van der Waals surface area contributed by atoms with Crippen LogP contribution in [0.1, 0.15) is 15.9 Å². The second kappa shape index (κ2) is 4.45. The van der Waals surface area contributed by atoms with E-state index in [1.165, 1.54) is 23.6 Å². The third-order valence-corrected chi connectivity index (χ3v) is 3.30. The second-order valence-electron chi connectivity index (χ2n) is 3.58. The topological polar surface area (TPSA) is 37.3 Å². The van der Waals surface area contributed by atoms with E-state index in [0.717, 1.165) is 23.5 Å². The minimum atomic E-state index is -4.40. The lowest BCUT2D eigenvalue weighted by Crippen LogP contribution is -2.04. The number of benzene rings is 1. The number of carboxylic acid groups (broad SMARTS) is 1. The number of alkyl halides is 3. The Labute approximate surface area is 104 Å². The fraction of sp³-hybridized carbons (Fsp3) is 0.0833. The van der Waals surface area contributed by atoms with Crippen molar-refractivity contribution in [3.63, 3.8) is 0 Å². The van der Waals surface area contributed by atoms with Crippen LogP contribution >= 0.6 is 11.3 Å². The molecule has 0 atom stereocenters. The van der Waals surface area contributed by atoms with E-state index >= 15 is 0 Å². The van der Waals surface area contributed by atoms with Gasteiger partial charge in [0.25, 0.3) is 0 Å². The van der Waals surface area contributed by atoms with E-state index < -0.39 is 17.7 Å². The van der Waals surface area contributed by atoms with Crippen LogP contribution in [0.5, 0.6) is 0 Å². The highest BCUT2D eigenvalue weighted by Crippen LogP contribution is 2.34. The van der Waals surface area contributed by atoms with Gasteiger partial charge in [0.1, 0.15) is 0 Å². The first-order chi connectivity index (χ1) is 8.38. The molecule has 1 aromatic carbocycles. The fourth-order valence-electron chi connectivity index (χ4n) is 1.45. The number of thiophene rings is 1. The summed E-state index contributed by atoms with van der Waals surface area (Å²) in [6, 6.07) is 6.18. The summed E-state index contributed by atoms with van der Waals surface area (Å²) < 4.78 is 37.6. The molecule has 94 valence electrons. The van der Waals surface area contributed by atoms with Crippen LogP contribution in [0.25, 0.3) is 10.4 Å². The number of rotatable bonds is 2. The van der Waals surface area contributed by atoms with E-state index in [-0.39, 0.29) is 5.56 Å². The molecule has 0 bridgehead atoms. The predicted molar refractivity (Wildman–Crippen MR) is 61.7 cm³/mol. The second-order valence-corrected chi connectivity index (χ2v) is 4.49. The molecule has 0 aliphatic heterocycles. The molecule has 0 radical (unpaired) electrons. The lowest BCUT2D eigenvalue weighted by molar-refractivity contribution is -0.137. The van der Waals surface area contributed by atoms with Crippen molar-refractivity contribution in [1.82, 2.24) is 0 Å². The molecule has 1 N–H and O–H groups in total. The Morgan fingerprint density at radius 1 is 1.22 bits per heavy atom. The van der Waals surface area contributed by atoms with Gasteiger partial charge >= 0.3 is 12.1 Å². The van der Waals surface area contributed by atoms with E-state index in [0.29, 0.717) is 10.4 Å². The monoisotopic (exact) mass is 272 g/mol. The number of hydrogen-bond donors (Lipinski definition) is 1. The summed E-state index contributed by atoms with van der Waals surface area (Å²) in [5.74, 6) is -1.09. The van der Waals surface area contributed by atoms with Crippen LogP contribution in [0.2, 0.25) is 0 Å². The summed E-state index contributed by atoms with van der Waals surface area (Å²) in [4.78, 5) is 11.2. The average Bonchev–Trinajstić information content (AvgIpc) is 2.77. The zero-order valence-electron chi connectivity index (χ0n) is 8.86. The normalized spacial score (nSPS) is 11.5. The van der Waals surface area contributed by atoms with Crippen LogP contribution in [0.15, 0.2) is 35.7 Å². The first-order valence-corrected chi connectivity index (χ1v) is 5.75. The Kier molecular flexibility index (Phi) is 3.13. The van der Waals surface area contributed by atoms with Crippen molar-refractivity contribution in [2.45, 2.75) is 6.18 Å². The van der Waals surface area contributed by atoms with E-state index in [4.69, 9.17) is 5.11 Å². The molecule has 2 aromatic rings. The van der Waals surface area contributed by atoms with Crippen LogP contribution in [0.3, 0.4) is 0 Å². The highest BCUT2D eigenvalue weighted by molar-refractivity contribution is 7.13. The highest BCUT2D eigenvalue weighted by atomic mass is 32.1. The van der Waals surface area contributed by atoms with Crippen LogP contribution in [-0.2, 0) is 6.18 Å². The molecule has 18 heavy (non-hydrogen) atoms. The van der Waals surface area contributed by atoms with Crippen molar-refractivity contribution in [2.24, 2.45) is 0 Å². The van der Waals surface area contributed by atoms with Crippen molar-refractivity contribution in [3.05, 3.63) is 46.8 Å². The van der Waals surface area contributed by atoms with Crippen molar-refractivity contribution >= 4 is 17.3 Å². The molecule has 0 saturated heterocycles. The van der Waals surface area contributed by atoms with E-state index in [1.807, 2.05) is 0 Å². The Morgan fingerprint density at radius 3 is 2.50 bits per heavy atom. The third-order valence-electron chi connectivity index (χ3n) is 2.32. The lowest BCUT2D eigenvalue weighted by Gasteiger charge is -2.07. The summed E-state index contributed by atoms with van der Waals surface area (Å²) in [6.07, 6.45) is -4.40. The van der Waals surface area contributed by atoms with Crippen LogP contribution in [-0.4, -0.2) is 11.1 Å². The van der Waals surface area contributed by atoms with E-state index in [2.05, 4.69) is 0 Å². The summed E-state index contributed by atoms with van der Waals surface area (Å²) >= 11 is 1.10. The van der Waals surface area contributed by atoms with E-state index in [9.17, 15) is 18.0 Å². The number of halogens is 3. The molecule has 0 aliphatic rings. The van der Waals surface area contributed by atoms with Gasteiger partial charge in [-0.05, 0) is 23.8 Å². The van der Waals surface area contributed by atoms with Gasteiger partial charge in [-0.3, -0.25) is 0 Å². The minimum Gasteiger partial charge on any atom is -0.478 e. The van der Waals surface area contributed by atoms with E-state index in [1.54, 1.807) is 0 Å². The summed E-state index contributed by atoms with van der Waals surface area (Å²) in [6.45, 7) is 0. The quantitative estimate of drug-likeness (QED) is 0.892. The molecular weight excluding hydrogens is 265 g/mol. The Balaban J connectivity index is 2.41. The van der Waals surface area contributed by atoms with Gasteiger partial charge in [-0.1, -0.05) is 12.1 Å². The van der Waals surface area contributed by atoms with Crippen molar-refractivity contribution in [1.29, 1.82) is 0 Å². The Bertz CT molecular complexity index is 587. The molecule has 0 amide bonds. The van der Waals surface area contributed by atoms with Crippen molar-refractivity contribution in [2.75, 3.05) is 0 Å². The Hall–Kier alpha value is -1.82. The van der Waals surface area contributed by atoms with Crippen LogP contribution in [0.4, 0.5) is 13.2 Å². The van der Waals surface area contributed by atoms with Gasteiger partial charge in [-0.2, -0.15) is 13.2 Å². The molecule has 0 spiro atoms. The molecule has 0 unspecified atom stereocenters. The molecule has 0 saturated carbocycles. The number of hydrogen-bond acceptors (Lipinski definition) is 2. The van der Waals surface area contributed by atoms with Crippen LogP contribution < -0.4 is 0 Å². The van der Waals surface area contributed by atoms with Gasteiger partial charge in [-0.15, -0.1) is 11.3 Å². The summed E-state index contributed by atoms with van der Waals surface area (Å²) in [5.41, 5.74) is -0.306.